The first-order valence-electron chi connectivity index (χ1n) is 7.54. The van der Waals surface area contributed by atoms with E-state index in [-0.39, 0.29) is 5.91 Å². The van der Waals surface area contributed by atoms with Crippen LogP contribution in [0.2, 0.25) is 0 Å². The number of rotatable bonds is 6. The Morgan fingerprint density at radius 1 is 1.32 bits per heavy atom. The molecule has 2 N–H and O–H groups in total. The largest absolute Gasteiger partial charge is 0.389 e. The highest BCUT2D eigenvalue weighted by Crippen LogP contribution is 2.23. The van der Waals surface area contributed by atoms with Crippen LogP contribution in [0.3, 0.4) is 0 Å². The molecule has 0 aromatic rings. The lowest BCUT2D eigenvalue weighted by Crippen LogP contribution is -2.46. The molecule has 0 atom stereocenters. The lowest BCUT2D eigenvalue weighted by Gasteiger charge is -2.30. The number of carbonyl (C=O) groups excluding carboxylic acids is 1. The van der Waals surface area contributed by atoms with E-state index in [1.54, 1.807) is 13.8 Å². The Bertz CT molecular complexity index is 278. The molecule has 19 heavy (non-hydrogen) atoms. The van der Waals surface area contributed by atoms with Crippen LogP contribution in [0.4, 0.5) is 0 Å². The summed E-state index contributed by atoms with van der Waals surface area (Å²) in [5, 5.41) is 12.9. The minimum absolute atomic E-state index is 0.0886. The summed E-state index contributed by atoms with van der Waals surface area (Å²) < 4.78 is 0. The van der Waals surface area contributed by atoms with E-state index in [9.17, 15) is 9.90 Å². The van der Waals surface area contributed by atoms with Gasteiger partial charge in [0.15, 0.2) is 0 Å². The Balaban J connectivity index is 2.32. The summed E-state index contributed by atoms with van der Waals surface area (Å²) in [7, 11) is 0. The Morgan fingerprint density at radius 2 is 1.89 bits per heavy atom. The standard InChI is InChI=1S/C15H30N2O2/c1-5-17(11-15(3,4)19)10-14(18)16-13-8-6-12(2)7-9-13/h12-13,19H,5-11H2,1-4H3,(H,16,18). The maximum atomic E-state index is 12.0. The predicted molar refractivity (Wildman–Crippen MR) is 78.0 cm³/mol. The van der Waals surface area contributed by atoms with Crippen molar-refractivity contribution in [3.05, 3.63) is 0 Å². The van der Waals surface area contributed by atoms with Gasteiger partial charge in [-0.3, -0.25) is 9.69 Å². The Labute approximate surface area is 117 Å². The molecule has 0 unspecified atom stereocenters. The molecule has 112 valence electrons. The maximum Gasteiger partial charge on any atom is 0.234 e. The minimum Gasteiger partial charge on any atom is -0.389 e. The zero-order valence-electron chi connectivity index (χ0n) is 12.9. The van der Waals surface area contributed by atoms with E-state index < -0.39 is 5.60 Å². The van der Waals surface area contributed by atoms with Crippen molar-refractivity contribution < 1.29 is 9.90 Å². The van der Waals surface area contributed by atoms with Gasteiger partial charge < -0.3 is 10.4 Å². The fourth-order valence-electron chi connectivity index (χ4n) is 2.71. The summed E-state index contributed by atoms with van der Waals surface area (Å²) in [6.45, 7) is 9.53. The molecule has 0 aromatic carbocycles. The first-order valence-corrected chi connectivity index (χ1v) is 7.54. The normalized spacial score (nSPS) is 24.5. The number of aliphatic hydroxyl groups is 1. The van der Waals surface area contributed by atoms with Crippen molar-refractivity contribution in [2.24, 2.45) is 5.92 Å². The Morgan fingerprint density at radius 3 is 2.37 bits per heavy atom. The molecule has 1 aliphatic carbocycles. The topological polar surface area (TPSA) is 52.6 Å². The maximum absolute atomic E-state index is 12.0. The second-order valence-corrected chi connectivity index (χ2v) is 6.64. The van der Waals surface area contributed by atoms with Gasteiger partial charge in [-0.1, -0.05) is 13.8 Å². The van der Waals surface area contributed by atoms with Crippen molar-refractivity contribution in [1.82, 2.24) is 10.2 Å². The Hall–Kier alpha value is -0.610. The van der Waals surface area contributed by atoms with E-state index in [0.717, 1.165) is 25.3 Å². The third-order valence-electron chi connectivity index (χ3n) is 3.81. The van der Waals surface area contributed by atoms with E-state index in [4.69, 9.17) is 0 Å². The fourth-order valence-corrected chi connectivity index (χ4v) is 2.71. The van der Waals surface area contributed by atoms with E-state index in [2.05, 4.69) is 12.2 Å². The summed E-state index contributed by atoms with van der Waals surface area (Å²) in [5.41, 5.74) is -0.753. The highest BCUT2D eigenvalue weighted by atomic mass is 16.3. The van der Waals surface area contributed by atoms with Crippen molar-refractivity contribution in [3.8, 4) is 0 Å². The second kappa shape index (κ2) is 7.25. The number of likely N-dealkylation sites (N-methyl/N-ethyl adjacent to an activating group) is 1. The summed E-state index contributed by atoms with van der Waals surface area (Å²) in [4.78, 5) is 14.0. The summed E-state index contributed by atoms with van der Waals surface area (Å²) in [6, 6.07) is 0.351. The van der Waals surface area contributed by atoms with Gasteiger partial charge in [0.05, 0.1) is 12.1 Å². The lowest BCUT2D eigenvalue weighted by molar-refractivity contribution is -0.123. The van der Waals surface area contributed by atoms with Crippen molar-refractivity contribution in [2.45, 2.75) is 65.0 Å². The molecule has 1 amide bonds. The van der Waals surface area contributed by atoms with Crippen LogP contribution in [0.5, 0.6) is 0 Å². The zero-order chi connectivity index (χ0) is 14.5. The third kappa shape index (κ3) is 6.92. The van der Waals surface area contributed by atoms with Gasteiger partial charge in [0.1, 0.15) is 0 Å². The van der Waals surface area contributed by atoms with Gasteiger partial charge in [0.25, 0.3) is 0 Å². The molecule has 0 spiro atoms. The molecule has 0 bridgehead atoms. The predicted octanol–water partition coefficient (Wildman–Crippen LogP) is 1.77. The van der Waals surface area contributed by atoms with Gasteiger partial charge in [0, 0.05) is 12.6 Å². The SMILES string of the molecule is CCN(CC(=O)NC1CCC(C)CC1)CC(C)(C)O. The molecule has 0 radical (unpaired) electrons. The molecule has 4 nitrogen and oxygen atoms in total. The quantitative estimate of drug-likeness (QED) is 0.773. The number of hydrogen-bond donors (Lipinski definition) is 2. The first-order chi connectivity index (χ1) is 8.80. The third-order valence-corrected chi connectivity index (χ3v) is 3.81. The van der Waals surface area contributed by atoms with Crippen LogP contribution in [0, 0.1) is 5.92 Å². The van der Waals surface area contributed by atoms with Crippen LogP contribution in [0.15, 0.2) is 0 Å². The molecule has 1 aliphatic rings. The molecular weight excluding hydrogens is 240 g/mol. The lowest BCUT2D eigenvalue weighted by atomic mass is 9.87. The molecule has 0 saturated heterocycles. The number of hydrogen-bond acceptors (Lipinski definition) is 3. The van der Waals surface area contributed by atoms with Crippen LogP contribution in [-0.2, 0) is 4.79 Å². The second-order valence-electron chi connectivity index (χ2n) is 6.64. The van der Waals surface area contributed by atoms with Crippen molar-refractivity contribution >= 4 is 5.91 Å². The van der Waals surface area contributed by atoms with Crippen molar-refractivity contribution in [1.29, 1.82) is 0 Å². The van der Waals surface area contributed by atoms with Crippen molar-refractivity contribution in [2.75, 3.05) is 19.6 Å². The zero-order valence-corrected chi connectivity index (χ0v) is 12.9. The van der Waals surface area contributed by atoms with E-state index in [1.165, 1.54) is 12.8 Å². The molecule has 0 aliphatic heterocycles. The molecule has 1 fully saturated rings. The average Bonchev–Trinajstić information content (AvgIpc) is 2.29. The van der Waals surface area contributed by atoms with Crippen LogP contribution in [0.25, 0.3) is 0 Å². The van der Waals surface area contributed by atoms with Crippen LogP contribution in [-0.4, -0.2) is 47.2 Å². The van der Waals surface area contributed by atoms with Gasteiger partial charge in [-0.2, -0.15) is 0 Å². The van der Waals surface area contributed by atoms with Gasteiger partial charge in [-0.05, 0) is 52.0 Å². The number of nitrogens with one attached hydrogen (secondary N) is 1. The van der Waals surface area contributed by atoms with E-state index >= 15 is 0 Å². The summed E-state index contributed by atoms with van der Waals surface area (Å²) in [5.74, 6) is 0.890. The highest BCUT2D eigenvalue weighted by molar-refractivity contribution is 5.78. The van der Waals surface area contributed by atoms with E-state index in [1.807, 2.05) is 11.8 Å². The van der Waals surface area contributed by atoms with Gasteiger partial charge in [0.2, 0.25) is 5.91 Å². The monoisotopic (exact) mass is 270 g/mol. The number of carbonyl (C=O) groups is 1. The fraction of sp³-hybridized carbons (Fsp3) is 0.933. The van der Waals surface area contributed by atoms with Gasteiger partial charge >= 0.3 is 0 Å². The molecule has 1 rings (SSSR count). The number of amides is 1. The molecule has 0 aromatic heterocycles. The highest BCUT2D eigenvalue weighted by Gasteiger charge is 2.22. The number of nitrogens with zero attached hydrogens (tertiary/aromatic N) is 1. The minimum atomic E-state index is -0.753. The van der Waals surface area contributed by atoms with Gasteiger partial charge in [-0.25, -0.2) is 0 Å². The van der Waals surface area contributed by atoms with E-state index in [0.29, 0.717) is 19.1 Å². The van der Waals surface area contributed by atoms with Crippen molar-refractivity contribution in [3.63, 3.8) is 0 Å². The molecule has 1 saturated carbocycles. The van der Waals surface area contributed by atoms with Gasteiger partial charge in [-0.15, -0.1) is 0 Å². The summed E-state index contributed by atoms with van der Waals surface area (Å²) in [6.07, 6.45) is 4.63. The first kappa shape index (κ1) is 16.4. The molecule has 0 heterocycles. The summed E-state index contributed by atoms with van der Waals surface area (Å²) >= 11 is 0. The Kier molecular flexibility index (Phi) is 6.27. The van der Waals surface area contributed by atoms with Crippen LogP contribution >= 0.6 is 0 Å². The smallest absolute Gasteiger partial charge is 0.234 e. The average molecular weight is 270 g/mol. The molecular formula is C15H30N2O2. The van der Waals surface area contributed by atoms with Crippen LogP contribution < -0.4 is 5.32 Å². The molecule has 4 heteroatoms. The van der Waals surface area contributed by atoms with Crippen LogP contribution in [0.1, 0.15) is 53.4 Å².